The first-order valence-electron chi connectivity index (χ1n) is 6.98. The summed E-state index contributed by atoms with van der Waals surface area (Å²) in [7, 11) is 0. The standard InChI is InChI=1S/C16H16BrClN2S/c1-2-11-6-8-21-15(11)10-20-14-9-12(17)3-4-13(14)19-16(20)5-7-18/h3-4,6,8-9H,2,5,7,10H2,1H3. The second-order valence-corrected chi connectivity index (χ2v) is 7.20. The molecule has 0 spiro atoms. The van der Waals surface area contributed by atoms with E-state index in [0.717, 1.165) is 35.2 Å². The number of aromatic nitrogens is 2. The fourth-order valence-electron chi connectivity index (χ4n) is 2.56. The molecule has 0 N–H and O–H groups in total. The lowest BCUT2D eigenvalue weighted by Crippen LogP contribution is -2.06. The Morgan fingerprint density at radius 2 is 2.19 bits per heavy atom. The number of benzene rings is 1. The normalized spacial score (nSPS) is 11.4. The SMILES string of the molecule is CCc1ccsc1Cn1c(CCCl)nc2ccc(Br)cc21. The number of aryl methyl sites for hydroxylation is 2. The molecule has 0 aliphatic rings. The average molecular weight is 384 g/mol. The molecule has 0 aliphatic carbocycles. The molecule has 1 aromatic carbocycles. The van der Waals surface area contributed by atoms with E-state index in [1.807, 2.05) is 17.4 Å². The smallest absolute Gasteiger partial charge is 0.111 e. The topological polar surface area (TPSA) is 17.8 Å². The first-order chi connectivity index (χ1) is 10.2. The molecule has 0 aliphatic heterocycles. The summed E-state index contributed by atoms with van der Waals surface area (Å²) in [6.45, 7) is 3.08. The van der Waals surface area contributed by atoms with Crippen LogP contribution in [0.5, 0.6) is 0 Å². The Balaban J connectivity index is 2.10. The highest BCUT2D eigenvalue weighted by molar-refractivity contribution is 9.10. The second kappa shape index (κ2) is 6.51. The highest BCUT2D eigenvalue weighted by atomic mass is 79.9. The summed E-state index contributed by atoms with van der Waals surface area (Å²) in [5.74, 6) is 1.66. The lowest BCUT2D eigenvalue weighted by atomic mass is 10.2. The molecule has 0 amide bonds. The second-order valence-electron chi connectivity index (χ2n) is 4.91. The largest absolute Gasteiger partial charge is 0.323 e. The predicted molar refractivity (Wildman–Crippen MR) is 94.7 cm³/mol. The Kier molecular flexibility index (Phi) is 4.67. The lowest BCUT2D eigenvalue weighted by molar-refractivity contribution is 0.758. The fourth-order valence-corrected chi connectivity index (χ4v) is 4.04. The van der Waals surface area contributed by atoms with Crippen molar-refractivity contribution in [3.8, 4) is 0 Å². The van der Waals surface area contributed by atoms with Crippen molar-refractivity contribution in [1.82, 2.24) is 9.55 Å². The molecule has 5 heteroatoms. The van der Waals surface area contributed by atoms with Crippen LogP contribution in [0.25, 0.3) is 11.0 Å². The molecule has 0 saturated carbocycles. The van der Waals surface area contributed by atoms with Gasteiger partial charge in [0.2, 0.25) is 0 Å². The maximum Gasteiger partial charge on any atom is 0.111 e. The molecule has 0 radical (unpaired) electrons. The third-order valence-corrected chi connectivity index (χ3v) is 5.26. The van der Waals surface area contributed by atoms with Crippen molar-refractivity contribution in [3.05, 3.63) is 50.4 Å². The zero-order valence-electron chi connectivity index (χ0n) is 11.8. The predicted octanol–water partition coefficient (Wildman–Crippen LogP) is 5.25. The van der Waals surface area contributed by atoms with Crippen LogP contribution in [0, 0.1) is 0 Å². The molecule has 0 bridgehead atoms. The van der Waals surface area contributed by atoms with Gasteiger partial charge in [0.25, 0.3) is 0 Å². The number of hydrogen-bond donors (Lipinski definition) is 0. The van der Waals surface area contributed by atoms with Crippen molar-refractivity contribution in [2.24, 2.45) is 0 Å². The van der Waals surface area contributed by atoms with E-state index in [1.165, 1.54) is 16.0 Å². The van der Waals surface area contributed by atoms with Crippen molar-refractivity contribution < 1.29 is 0 Å². The van der Waals surface area contributed by atoms with Crippen molar-refractivity contribution in [2.45, 2.75) is 26.3 Å². The van der Waals surface area contributed by atoms with Gasteiger partial charge in [-0.3, -0.25) is 0 Å². The van der Waals surface area contributed by atoms with E-state index in [4.69, 9.17) is 16.6 Å². The molecule has 0 saturated heterocycles. The van der Waals surface area contributed by atoms with Crippen LogP contribution in [-0.2, 0) is 19.4 Å². The summed E-state index contributed by atoms with van der Waals surface area (Å²) in [5.41, 5.74) is 3.63. The number of halogens is 2. The van der Waals surface area contributed by atoms with Crippen molar-refractivity contribution in [1.29, 1.82) is 0 Å². The highest BCUT2D eigenvalue weighted by Gasteiger charge is 2.13. The molecule has 3 aromatic rings. The van der Waals surface area contributed by atoms with Crippen LogP contribution < -0.4 is 0 Å². The van der Waals surface area contributed by atoms with Crippen molar-refractivity contribution >= 4 is 49.9 Å². The number of imidazole rings is 1. The molecular weight excluding hydrogens is 368 g/mol. The summed E-state index contributed by atoms with van der Waals surface area (Å²) in [6, 6.07) is 8.45. The summed E-state index contributed by atoms with van der Waals surface area (Å²) < 4.78 is 3.38. The quantitative estimate of drug-likeness (QED) is 0.550. The van der Waals surface area contributed by atoms with Gasteiger partial charge in [-0.1, -0.05) is 22.9 Å². The summed E-state index contributed by atoms with van der Waals surface area (Å²) in [5, 5.41) is 2.17. The maximum absolute atomic E-state index is 5.95. The minimum absolute atomic E-state index is 0.593. The summed E-state index contributed by atoms with van der Waals surface area (Å²) in [6.07, 6.45) is 1.86. The van der Waals surface area contributed by atoms with E-state index in [2.05, 4.69) is 51.0 Å². The number of hydrogen-bond acceptors (Lipinski definition) is 2. The van der Waals surface area contributed by atoms with Gasteiger partial charge < -0.3 is 4.57 Å². The Morgan fingerprint density at radius 3 is 2.95 bits per heavy atom. The number of alkyl halides is 1. The minimum Gasteiger partial charge on any atom is -0.323 e. The monoisotopic (exact) mass is 382 g/mol. The highest BCUT2D eigenvalue weighted by Crippen LogP contribution is 2.25. The van der Waals surface area contributed by atoms with Gasteiger partial charge in [0.1, 0.15) is 5.82 Å². The molecule has 2 heterocycles. The van der Waals surface area contributed by atoms with Crippen LogP contribution in [0.3, 0.4) is 0 Å². The van der Waals surface area contributed by atoms with Gasteiger partial charge in [-0.15, -0.1) is 22.9 Å². The van der Waals surface area contributed by atoms with Gasteiger partial charge in [0, 0.05) is 21.7 Å². The first kappa shape index (κ1) is 15.1. The molecule has 2 aromatic heterocycles. The van der Waals surface area contributed by atoms with Crippen LogP contribution in [-0.4, -0.2) is 15.4 Å². The van der Waals surface area contributed by atoms with Gasteiger partial charge in [-0.25, -0.2) is 4.98 Å². The fraction of sp³-hybridized carbons (Fsp3) is 0.312. The molecule has 0 atom stereocenters. The van der Waals surface area contributed by atoms with Crippen LogP contribution in [0.4, 0.5) is 0 Å². The van der Waals surface area contributed by atoms with Crippen LogP contribution in [0.15, 0.2) is 34.1 Å². The number of nitrogens with zero attached hydrogens (tertiary/aromatic N) is 2. The van der Waals surface area contributed by atoms with E-state index in [-0.39, 0.29) is 0 Å². The molecular formula is C16H16BrClN2S. The minimum atomic E-state index is 0.593. The molecule has 2 nitrogen and oxygen atoms in total. The lowest BCUT2D eigenvalue weighted by Gasteiger charge is -2.09. The number of rotatable bonds is 5. The molecule has 0 unspecified atom stereocenters. The number of fused-ring (bicyclic) bond motifs is 1. The van der Waals surface area contributed by atoms with Gasteiger partial charge in [-0.2, -0.15) is 0 Å². The third kappa shape index (κ3) is 3.03. The van der Waals surface area contributed by atoms with E-state index in [0.29, 0.717) is 5.88 Å². The Hall–Kier alpha value is -0.840. The van der Waals surface area contributed by atoms with E-state index >= 15 is 0 Å². The number of thiophene rings is 1. The van der Waals surface area contributed by atoms with Gasteiger partial charge >= 0.3 is 0 Å². The summed E-state index contributed by atoms with van der Waals surface area (Å²) >= 11 is 11.3. The molecule has 110 valence electrons. The van der Waals surface area contributed by atoms with E-state index in [1.54, 1.807) is 0 Å². The third-order valence-electron chi connectivity index (χ3n) is 3.63. The van der Waals surface area contributed by atoms with Crippen LogP contribution in [0.1, 0.15) is 23.2 Å². The van der Waals surface area contributed by atoms with Crippen molar-refractivity contribution in [2.75, 3.05) is 5.88 Å². The van der Waals surface area contributed by atoms with Crippen molar-refractivity contribution in [3.63, 3.8) is 0 Å². The Bertz CT molecular complexity index is 763. The van der Waals surface area contributed by atoms with Gasteiger partial charge in [0.15, 0.2) is 0 Å². The van der Waals surface area contributed by atoms with Crippen LogP contribution in [0.2, 0.25) is 0 Å². The molecule has 21 heavy (non-hydrogen) atoms. The maximum atomic E-state index is 5.95. The van der Waals surface area contributed by atoms with Gasteiger partial charge in [-0.05, 0) is 41.6 Å². The first-order valence-corrected chi connectivity index (χ1v) is 9.19. The summed E-state index contributed by atoms with van der Waals surface area (Å²) in [4.78, 5) is 6.15. The Morgan fingerprint density at radius 1 is 1.33 bits per heavy atom. The van der Waals surface area contributed by atoms with Gasteiger partial charge in [0.05, 0.1) is 17.6 Å². The van der Waals surface area contributed by atoms with E-state index in [9.17, 15) is 0 Å². The zero-order valence-corrected chi connectivity index (χ0v) is 14.9. The average Bonchev–Trinajstić information content (AvgIpc) is 3.05. The Labute approximate surface area is 141 Å². The van der Waals surface area contributed by atoms with Crippen LogP contribution >= 0.6 is 38.9 Å². The van der Waals surface area contributed by atoms with E-state index < -0.39 is 0 Å². The molecule has 0 fully saturated rings. The zero-order chi connectivity index (χ0) is 14.8. The molecule has 3 rings (SSSR count).